The summed E-state index contributed by atoms with van der Waals surface area (Å²) in [5, 5.41) is 16.1. The summed E-state index contributed by atoms with van der Waals surface area (Å²) in [6.07, 6.45) is 1.66. The van der Waals surface area contributed by atoms with E-state index < -0.39 is 0 Å². The van der Waals surface area contributed by atoms with Gasteiger partial charge < -0.3 is 20.1 Å². The van der Waals surface area contributed by atoms with Crippen LogP contribution in [-0.4, -0.2) is 23.0 Å². The fourth-order valence-electron chi connectivity index (χ4n) is 3.08. The molecule has 154 valence electrons. The number of esters is 1. The first-order valence-electron chi connectivity index (χ1n) is 9.52. The van der Waals surface area contributed by atoms with E-state index in [9.17, 15) is 10.1 Å². The van der Waals surface area contributed by atoms with Crippen LogP contribution in [0.5, 0.6) is 5.75 Å². The van der Waals surface area contributed by atoms with Crippen LogP contribution in [0.2, 0.25) is 0 Å². The van der Waals surface area contributed by atoms with Crippen LogP contribution in [0.4, 0.5) is 11.6 Å². The number of nitriles is 1. The number of aryl methyl sites for hydroxylation is 1. The van der Waals surface area contributed by atoms with Crippen molar-refractivity contribution in [2.24, 2.45) is 0 Å². The van der Waals surface area contributed by atoms with Gasteiger partial charge in [0, 0.05) is 12.7 Å². The standard InChI is InChI=1S/C23H19N5O3/c1-14-12-25-23(26-13-15-7-9-16(10-8-15)22(29)30-2)28-20(14)17(11-24)21-27-18-5-3-4-6-19(18)31-21/h3-10,12,27H,13H2,1-2H3,(H,25,26,28)/b21-17+. The van der Waals surface area contributed by atoms with Crippen LogP contribution in [0.15, 0.2) is 60.6 Å². The van der Waals surface area contributed by atoms with E-state index in [0.717, 1.165) is 16.8 Å². The fourth-order valence-corrected chi connectivity index (χ4v) is 3.08. The number of ether oxygens (including phenoxy) is 2. The van der Waals surface area contributed by atoms with Gasteiger partial charge in [0.15, 0.2) is 5.75 Å². The minimum Gasteiger partial charge on any atom is -0.465 e. The Bertz CT molecular complexity index is 1190. The summed E-state index contributed by atoms with van der Waals surface area (Å²) in [6.45, 7) is 2.28. The highest BCUT2D eigenvalue weighted by Crippen LogP contribution is 2.35. The molecule has 0 fully saturated rings. The predicted molar refractivity (Wildman–Crippen MR) is 115 cm³/mol. The first-order valence-corrected chi connectivity index (χ1v) is 9.52. The van der Waals surface area contributed by atoms with Crippen molar-refractivity contribution < 1.29 is 14.3 Å². The van der Waals surface area contributed by atoms with E-state index in [1.54, 1.807) is 18.3 Å². The molecule has 8 nitrogen and oxygen atoms in total. The molecule has 0 radical (unpaired) electrons. The molecule has 2 aromatic carbocycles. The van der Waals surface area contributed by atoms with Gasteiger partial charge in [0.25, 0.3) is 0 Å². The number of nitrogens with one attached hydrogen (secondary N) is 2. The molecule has 0 spiro atoms. The zero-order valence-electron chi connectivity index (χ0n) is 17.0. The lowest BCUT2D eigenvalue weighted by molar-refractivity contribution is 0.0600. The fraction of sp³-hybridized carbons (Fsp3) is 0.130. The molecule has 0 saturated carbocycles. The van der Waals surface area contributed by atoms with Crippen molar-refractivity contribution in [1.82, 2.24) is 9.97 Å². The second-order valence-electron chi connectivity index (χ2n) is 6.81. The number of aromatic nitrogens is 2. The van der Waals surface area contributed by atoms with Gasteiger partial charge in [-0.3, -0.25) is 0 Å². The third-order valence-corrected chi connectivity index (χ3v) is 4.72. The van der Waals surface area contributed by atoms with E-state index in [1.165, 1.54) is 7.11 Å². The van der Waals surface area contributed by atoms with E-state index in [2.05, 4.69) is 26.7 Å². The molecule has 31 heavy (non-hydrogen) atoms. The molecule has 8 heteroatoms. The number of nitrogens with zero attached hydrogens (tertiary/aromatic N) is 3. The molecule has 3 aromatic rings. The van der Waals surface area contributed by atoms with Gasteiger partial charge >= 0.3 is 5.97 Å². The van der Waals surface area contributed by atoms with Crippen molar-refractivity contribution in [1.29, 1.82) is 5.26 Å². The van der Waals surface area contributed by atoms with E-state index in [1.807, 2.05) is 43.3 Å². The highest BCUT2D eigenvalue weighted by molar-refractivity contribution is 5.89. The van der Waals surface area contributed by atoms with Crippen molar-refractivity contribution in [3.05, 3.63) is 83.0 Å². The maximum atomic E-state index is 11.5. The second kappa shape index (κ2) is 8.55. The Balaban J connectivity index is 1.54. The van der Waals surface area contributed by atoms with Gasteiger partial charge in [0.1, 0.15) is 11.6 Å². The summed E-state index contributed by atoms with van der Waals surface area (Å²) in [5.41, 5.74) is 3.74. The van der Waals surface area contributed by atoms with Gasteiger partial charge in [-0.15, -0.1) is 0 Å². The lowest BCUT2D eigenvalue weighted by Crippen LogP contribution is -2.09. The van der Waals surface area contributed by atoms with Crippen LogP contribution in [0.1, 0.15) is 27.2 Å². The van der Waals surface area contributed by atoms with Crippen molar-refractivity contribution in [2.45, 2.75) is 13.5 Å². The number of hydrogen-bond donors (Lipinski definition) is 2. The number of rotatable bonds is 5. The number of carbonyl (C=O) groups excluding carboxylic acids is 1. The average molecular weight is 413 g/mol. The Morgan fingerprint density at radius 1 is 1.23 bits per heavy atom. The molecule has 1 aliphatic rings. The van der Waals surface area contributed by atoms with Crippen molar-refractivity contribution in [3.8, 4) is 11.8 Å². The highest BCUT2D eigenvalue weighted by Gasteiger charge is 2.23. The SMILES string of the molecule is COC(=O)c1ccc(CNc2ncc(C)c(/C(C#N)=C3\Nc4ccccc4O3)n2)cc1. The van der Waals surface area contributed by atoms with Gasteiger partial charge in [-0.05, 0) is 42.3 Å². The molecule has 0 amide bonds. The third kappa shape index (κ3) is 4.16. The summed E-state index contributed by atoms with van der Waals surface area (Å²) >= 11 is 0. The molecule has 1 aromatic heterocycles. The number of allylic oxidation sites excluding steroid dienone is 1. The normalized spacial score (nSPS) is 13.3. The van der Waals surface area contributed by atoms with Crippen LogP contribution in [-0.2, 0) is 11.3 Å². The smallest absolute Gasteiger partial charge is 0.337 e. The number of fused-ring (bicyclic) bond motifs is 1. The Morgan fingerprint density at radius 2 is 2.00 bits per heavy atom. The Hall–Kier alpha value is -4.38. The molecule has 2 N–H and O–H groups in total. The molecule has 0 aliphatic carbocycles. The maximum absolute atomic E-state index is 11.5. The maximum Gasteiger partial charge on any atom is 0.337 e. The Kier molecular flexibility index (Phi) is 5.49. The van der Waals surface area contributed by atoms with Gasteiger partial charge in [0.05, 0.1) is 24.1 Å². The molecule has 2 heterocycles. The minimum absolute atomic E-state index is 0.293. The molecule has 1 aliphatic heterocycles. The highest BCUT2D eigenvalue weighted by atomic mass is 16.5. The predicted octanol–water partition coefficient (Wildman–Crippen LogP) is 3.88. The van der Waals surface area contributed by atoms with Crippen LogP contribution in [0, 0.1) is 18.3 Å². The first-order chi connectivity index (χ1) is 15.1. The summed E-state index contributed by atoms with van der Waals surface area (Å²) in [6, 6.07) is 16.7. The largest absolute Gasteiger partial charge is 0.465 e. The lowest BCUT2D eigenvalue weighted by Gasteiger charge is -2.10. The van der Waals surface area contributed by atoms with E-state index in [-0.39, 0.29) is 5.97 Å². The van der Waals surface area contributed by atoms with Gasteiger partial charge in [0.2, 0.25) is 11.8 Å². The molecule has 0 bridgehead atoms. The number of para-hydroxylation sites is 2. The Morgan fingerprint density at radius 3 is 2.71 bits per heavy atom. The van der Waals surface area contributed by atoms with Gasteiger partial charge in [-0.1, -0.05) is 24.3 Å². The topological polar surface area (TPSA) is 109 Å². The van der Waals surface area contributed by atoms with Gasteiger partial charge in [-0.2, -0.15) is 5.26 Å². The summed E-state index contributed by atoms with van der Waals surface area (Å²) in [4.78, 5) is 20.4. The number of benzene rings is 2. The van der Waals surface area contributed by atoms with Gasteiger partial charge in [-0.25, -0.2) is 14.8 Å². The molecular formula is C23H19N5O3. The third-order valence-electron chi connectivity index (χ3n) is 4.72. The van der Waals surface area contributed by atoms with E-state index >= 15 is 0 Å². The molecule has 4 rings (SSSR count). The average Bonchev–Trinajstić information content (AvgIpc) is 3.23. The summed E-state index contributed by atoms with van der Waals surface area (Å²) < 4.78 is 10.5. The molecule has 0 atom stereocenters. The molecule has 0 saturated heterocycles. The number of anilines is 2. The van der Waals surface area contributed by atoms with Crippen molar-refractivity contribution in [2.75, 3.05) is 17.7 Å². The molecular weight excluding hydrogens is 394 g/mol. The molecule has 0 unspecified atom stereocenters. The first kappa shape index (κ1) is 19.9. The van der Waals surface area contributed by atoms with Crippen LogP contribution in [0.3, 0.4) is 0 Å². The number of methoxy groups -OCH3 is 1. The summed E-state index contributed by atoms with van der Waals surface area (Å²) in [5.74, 6) is 0.995. The lowest BCUT2D eigenvalue weighted by atomic mass is 10.1. The van der Waals surface area contributed by atoms with Crippen LogP contribution >= 0.6 is 0 Å². The number of carbonyl (C=O) groups is 1. The second-order valence-corrected chi connectivity index (χ2v) is 6.81. The van der Waals surface area contributed by atoms with E-state index in [0.29, 0.717) is 41.0 Å². The zero-order valence-corrected chi connectivity index (χ0v) is 17.0. The minimum atomic E-state index is -0.381. The van der Waals surface area contributed by atoms with Crippen molar-refractivity contribution in [3.63, 3.8) is 0 Å². The Labute approximate surface area is 179 Å². The quantitative estimate of drug-likeness (QED) is 0.479. The monoisotopic (exact) mass is 413 g/mol. The van der Waals surface area contributed by atoms with Crippen molar-refractivity contribution >= 4 is 23.2 Å². The zero-order chi connectivity index (χ0) is 21.8. The number of hydrogen-bond acceptors (Lipinski definition) is 8. The van der Waals surface area contributed by atoms with Crippen LogP contribution < -0.4 is 15.4 Å². The van der Waals surface area contributed by atoms with Crippen LogP contribution in [0.25, 0.3) is 5.57 Å². The van der Waals surface area contributed by atoms with E-state index in [4.69, 9.17) is 9.47 Å². The summed E-state index contributed by atoms with van der Waals surface area (Å²) in [7, 11) is 1.35.